The van der Waals surface area contributed by atoms with Crippen LogP contribution in [0.4, 0.5) is 0 Å². The minimum Gasteiger partial charge on any atom is -0.496 e. The van der Waals surface area contributed by atoms with Crippen LogP contribution in [0.1, 0.15) is 5.56 Å². The zero-order valence-corrected chi connectivity index (χ0v) is 13.4. The lowest BCUT2D eigenvalue weighted by Gasteiger charge is -2.13. The first-order chi connectivity index (χ1) is 11.7. The van der Waals surface area contributed by atoms with E-state index < -0.39 is 0 Å². The second-order valence-electron chi connectivity index (χ2n) is 5.18. The maximum absolute atomic E-state index is 12.6. The van der Waals surface area contributed by atoms with E-state index >= 15 is 0 Å². The second-order valence-corrected chi connectivity index (χ2v) is 5.18. The third-order valence-corrected chi connectivity index (χ3v) is 3.81. The van der Waals surface area contributed by atoms with Crippen LogP contribution in [0.2, 0.25) is 0 Å². The first-order valence-corrected chi connectivity index (χ1v) is 7.40. The number of aldehydes is 1. The summed E-state index contributed by atoms with van der Waals surface area (Å²) in [7, 11) is 2.96. The van der Waals surface area contributed by atoms with Crippen LogP contribution in [-0.2, 0) is 11.2 Å². The van der Waals surface area contributed by atoms with Crippen LogP contribution in [0.5, 0.6) is 11.5 Å². The van der Waals surface area contributed by atoms with Gasteiger partial charge in [0.1, 0.15) is 34.5 Å². The third kappa shape index (κ3) is 2.65. The number of benzene rings is 2. The molecule has 0 atom stereocenters. The minimum atomic E-state index is -0.234. The Balaban J connectivity index is 2.41. The molecule has 0 amide bonds. The molecule has 0 aliphatic carbocycles. The van der Waals surface area contributed by atoms with Gasteiger partial charge in [-0.1, -0.05) is 30.3 Å². The molecular weight excluding hydrogens is 308 g/mol. The minimum absolute atomic E-state index is 0.0743. The van der Waals surface area contributed by atoms with Gasteiger partial charge >= 0.3 is 0 Å². The number of ether oxygens (including phenoxy) is 2. The van der Waals surface area contributed by atoms with Crippen molar-refractivity contribution in [1.29, 1.82) is 0 Å². The van der Waals surface area contributed by atoms with Crippen LogP contribution < -0.4 is 14.9 Å². The number of fused-ring (bicyclic) bond motifs is 1. The predicted molar refractivity (Wildman–Crippen MR) is 90.8 cm³/mol. The maximum Gasteiger partial charge on any atom is 0.197 e. The van der Waals surface area contributed by atoms with Crippen LogP contribution in [-0.4, -0.2) is 20.5 Å². The zero-order chi connectivity index (χ0) is 17.1. The summed E-state index contributed by atoms with van der Waals surface area (Å²) >= 11 is 0. The van der Waals surface area contributed by atoms with E-state index in [4.69, 9.17) is 13.9 Å². The lowest BCUT2D eigenvalue weighted by molar-refractivity contribution is -0.107. The molecule has 0 unspecified atom stereocenters. The van der Waals surface area contributed by atoms with Gasteiger partial charge in [0, 0.05) is 29.7 Å². The molecule has 0 saturated carbocycles. The van der Waals surface area contributed by atoms with E-state index in [2.05, 4.69) is 0 Å². The average Bonchev–Trinajstić information content (AvgIpc) is 2.62. The van der Waals surface area contributed by atoms with E-state index in [1.807, 2.05) is 30.3 Å². The van der Waals surface area contributed by atoms with Crippen LogP contribution in [0, 0.1) is 0 Å². The lowest BCUT2D eigenvalue weighted by Crippen LogP contribution is -2.06. The van der Waals surface area contributed by atoms with Gasteiger partial charge in [0.15, 0.2) is 5.43 Å². The highest BCUT2D eigenvalue weighted by Gasteiger charge is 2.19. The Kier molecular flexibility index (Phi) is 4.33. The molecule has 0 aliphatic rings. The molecule has 5 heteroatoms. The van der Waals surface area contributed by atoms with Crippen LogP contribution >= 0.6 is 0 Å². The van der Waals surface area contributed by atoms with Gasteiger partial charge < -0.3 is 18.7 Å². The number of methoxy groups -OCH3 is 2. The highest BCUT2D eigenvalue weighted by molar-refractivity contribution is 5.91. The topological polar surface area (TPSA) is 65.7 Å². The predicted octanol–water partition coefficient (Wildman–Crippen LogP) is 3.22. The fourth-order valence-corrected chi connectivity index (χ4v) is 2.69. The Hall–Kier alpha value is -3.08. The fraction of sp³-hybridized carbons (Fsp3) is 0.158. The maximum atomic E-state index is 12.6. The van der Waals surface area contributed by atoms with Crippen molar-refractivity contribution in [3.05, 3.63) is 58.3 Å². The Labute approximate surface area is 138 Å². The number of rotatable bonds is 5. The van der Waals surface area contributed by atoms with Gasteiger partial charge in [-0.2, -0.15) is 0 Å². The fourth-order valence-electron chi connectivity index (χ4n) is 2.69. The van der Waals surface area contributed by atoms with Crippen LogP contribution in [0.3, 0.4) is 0 Å². The van der Waals surface area contributed by atoms with E-state index in [0.717, 1.165) is 11.8 Å². The summed E-state index contributed by atoms with van der Waals surface area (Å²) < 4.78 is 16.6. The van der Waals surface area contributed by atoms with Crippen LogP contribution in [0.25, 0.3) is 22.3 Å². The van der Waals surface area contributed by atoms with Crippen molar-refractivity contribution in [3.8, 4) is 22.8 Å². The van der Waals surface area contributed by atoms with E-state index in [-0.39, 0.29) is 11.8 Å². The quantitative estimate of drug-likeness (QED) is 0.674. The van der Waals surface area contributed by atoms with Crippen molar-refractivity contribution in [1.82, 2.24) is 0 Å². The summed E-state index contributed by atoms with van der Waals surface area (Å²) in [6.45, 7) is 0. The molecule has 0 saturated heterocycles. The Morgan fingerprint density at radius 3 is 2.38 bits per heavy atom. The number of carbonyl (C=O) groups is 1. The smallest absolute Gasteiger partial charge is 0.197 e. The summed E-state index contributed by atoms with van der Waals surface area (Å²) in [6.07, 6.45) is 0.823. The standard InChI is InChI=1S/C19H16O5/c1-22-16-11-17(23-2)18-14(21)10-15(12-6-4-3-5-7-12)24-19(18)13(16)8-9-20/h3-7,9-11H,8H2,1-2H3. The van der Waals surface area contributed by atoms with Gasteiger partial charge in [-0.05, 0) is 0 Å². The van der Waals surface area contributed by atoms with E-state index in [1.54, 1.807) is 6.07 Å². The monoisotopic (exact) mass is 324 g/mol. The summed E-state index contributed by atoms with van der Waals surface area (Å²) in [4.78, 5) is 23.7. The van der Waals surface area contributed by atoms with Gasteiger partial charge in [-0.3, -0.25) is 4.79 Å². The molecule has 2 aromatic carbocycles. The van der Waals surface area contributed by atoms with E-state index in [9.17, 15) is 9.59 Å². The molecule has 24 heavy (non-hydrogen) atoms. The van der Waals surface area contributed by atoms with Gasteiger partial charge in [0.05, 0.1) is 14.2 Å². The highest BCUT2D eigenvalue weighted by atomic mass is 16.5. The SMILES string of the molecule is COc1cc(OC)c2c(=O)cc(-c3ccccc3)oc2c1CC=O. The van der Waals surface area contributed by atoms with Gasteiger partial charge in [-0.25, -0.2) is 0 Å². The first-order valence-electron chi connectivity index (χ1n) is 7.40. The van der Waals surface area contributed by atoms with Crippen molar-refractivity contribution in [2.45, 2.75) is 6.42 Å². The Morgan fingerprint density at radius 1 is 1.04 bits per heavy atom. The van der Waals surface area contributed by atoms with Crippen LogP contribution in [0.15, 0.2) is 51.7 Å². The normalized spacial score (nSPS) is 10.6. The van der Waals surface area contributed by atoms with Crippen molar-refractivity contribution in [2.75, 3.05) is 14.2 Å². The molecule has 0 N–H and O–H groups in total. The largest absolute Gasteiger partial charge is 0.496 e. The van der Waals surface area contributed by atoms with Crippen molar-refractivity contribution >= 4 is 17.3 Å². The molecule has 122 valence electrons. The molecular formula is C19H16O5. The molecule has 1 heterocycles. The molecule has 3 aromatic rings. The lowest BCUT2D eigenvalue weighted by atomic mass is 10.0. The number of carbonyl (C=O) groups excluding carboxylic acids is 1. The Bertz CT molecular complexity index is 941. The van der Waals surface area contributed by atoms with Crippen molar-refractivity contribution < 1.29 is 18.7 Å². The summed E-state index contributed by atoms with van der Waals surface area (Å²) in [5, 5.41) is 0.301. The number of hydrogen-bond acceptors (Lipinski definition) is 5. The van der Waals surface area contributed by atoms with Crippen molar-refractivity contribution in [2.24, 2.45) is 0 Å². The van der Waals surface area contributed by atoms with E-state index in [1.165, 1.54) is 20.3 Å². The number of hydrogen-bond donors (Lipinski definition) is 0. The molecule has 0 radical (unpaired) electrons. The molecule has 5 nitrogen and oxygen atoms in total. The summed E-state index contributed by atoms with van der Waals surface area (Å²) in [5.74, 6) is 1.22. The van der Waals surface area contributed by atoms with Gasteiger partial charge in [-0.15, -0.1) is 0 Å². The third-order valence-electron chi connectivity index (χ3n) is 3.81. The molecule has 0 spiro atoms. The highest BCUT2D eigenvalue weighted by Crippen LogP contribution is 2.36. The van der Waals surface area contributed by atoms with Crippen molar-refractivity contribution in [3.63, 3.8) is 0 Å². The molecule has 3 rings (SSSR count). The zero-order valence-electron chi connectivity index (χ0n) is 13.4. The summed E-state index contributed by atoms with van der Waals surface area (Å²) in [6, 6.07) is 12.3. The first kappa shape index (κ1) is 15.8. The average molecular weight is 324 g/mol. The molecule has 0 bridgehead atoms. The Morgan fingerprint density at radius 2 is 1.75 bits per heavy atom. The van der Waals surface area contributed by atoms with Gasteiger partial charge in [0.2, 0.25) is 0 Å². The second kappa shape index (κ2) is 6.58. The van der Waals surface area contributed by atoms with Gasteiger partial charge in [0.25, 0.3) is 0 Å². The molecule has 1 aromatic heterocycles. The molecule has 0 aliphatic heterocycles. The van der Waals surface area contributed by atoms with E-state index in [0.29, 0.717) is 33.8 Å². The molecule has 0 fully saturated rings. The summed E-state index contributed by atoms with van der Waals surface area (Å²) in [5.41, 5.74) is 1.37.